The second-order valence-electron chi connectivity index (χ2n) is 4.54. The Morgan fingerprint density at radius 2 is 2.10 bits per heavy atom. The summed E-state index contributed by atoms with van der Waals surface area (Å²) < 4.78 is 39.2. The molecule has 1 atom stereocenters. The molecule has 0 saturated carbocycles. The van der Waals surface area contributed by atoms with E-state index in [1.165, 1.54) is 0 Å². The van der Waals surface area contributed by atoms with Crippen LogP contribution in [-0.4, -0.2) is 36.4 Å². The molecule has 0 aromatic heterocycles. The molecule has 0 spiro atoms. The Labute approximate surface area is 124 Å². The van der Waals surface area contributed by atoms with Crippen LogP contribution in [0.25, 0.3) is 0 Å². The normalized spacial score (nSPS) is 20.8. The summed E-state index contributed by atoms with van der Waals surface area (Å²) in [6, 6.07) is 2.16. The molecule has 20 heavy (non-hydrogen) atoms. The first-order valence-electron chi connectivity index (χ1n) is 6.04. The maximum Gasteiger partial charge on any atom is 0.322 e. The number of carboxylic acid groups (broad SMARTS) is 1. The molecule has 8 heteroatoms. The number of hydrogen-bond donors (Lipinski definition) is 1. The number of benzene rings is 1. The monoisotopic (exact) mass is 365 g/mol. The van der Waals surface area contributed by atoms with Crippen LogP contribution < -0.4 is 0 Å². The third-order valence-electron chi connectivity index (χ3n) is 3.22. The topological polar surface area (TPSA) is 74.7 Å². The van der Waals surface area contributed by atoms with E-state index in [1.54, 1.807) is 0 Å². The summed E-state index contributed by atoms with van der Waals surface area (Å²) >= 11 is 3.01. The Morgan fingerprint density at radius 1 is 1.40 bits per heavy atom. The number of nitrogens with zero attached hydrogens (tertiary/aromatic N) is 1. The fourth-order valence-electron chi connectivity index (χ4n) is 2.25. The summed E-state index contributed by atoms with van der Waals surface area (Å²) in [6.45, 7) is 0.156. The lowest BCUT2D eigenvalue weighted by atomic mass is 10.1. The van der Waals surface area contributed by atoms with Gasteiger partial charge in [-0.15, -0.1) is 0 Å². The van der Waals surface area contributed by atoms with Crippen molar-refractivity contribution in [3.8, 4) is 0 Å². The van der Waals surface area contributed by atoms with Gasteiger partial charge < -0.3 is 5.11 Å². The number of piperidine rings is 1. The number of carboxylic acids is 1. The summed E-state index contributed by atoms with van der Waals surface area (Å²) in [5.41, 5.74) is 0. The minimum Gasteiger partial charge on any atom is -0.480 e. The van der Waals surface area contributed by atoms with Crippen molar-refractivity contribution in [3.63, 3.8) is 0 Å². The number of rotatable bonds is 3. The Hall–Kier alpha value is -0.990. The smallest absolute Gasteiger partial charge is 0.322 e. The highest BCUT2D eigenvalue weighted by molar-refractivity contribution is 9.10. The molecule has 1 aliphatic heterocycles. The summed E-state index contributed by atoms with van der Waals surface area (Å²) in [5.74, 6) is -1.73. The zero-order chi connectivity index (χ0) is 14.9. The van der Waals surface area contributed by atoms with E-state index >= 15 is 0 Å². The Kier molecular flexibility index (Phi) is 4.46. The lowest BCUT2D eigenvalue weighted by molar-refractivity contribution is -0.142. The van der Waals surface area contributed by atoms with Crippen molar-refractivity contribution in [1.29, 1.82) is 0 Å². The van der Waals surface area contributed by atoms with Gasteiger partial charge in [0.15, 0.2) is 0 Å². The average Bonchev–Trinajstić information content (AvgIpc) is 2.38. The molecule has 1 saturated heterocycles. The van der Waals surface area contributed by atoms with Gasteiger partial charge in [-0.05, 0) is 53.4 Å². The van der Waals surface area contributed by atoms with Gasteiger partial charge >= 0.3 is 5.97 Å². The first kappa shape index (κ1) is 15.4. The fourth-order valence-corrected chi connectivity index (χ4v) is 4.91. The van der Waals surface area contributed by atoms with Gasteiger partial charge in [0.25, 0.3) is 0 Å². The largest absolute Gasteiger partial charge is 0.480 e. The predicted molar refractivity (Wildman–Crippen MR) is 73.3 cm³/mol. The number of hydrogen-bond acceptors (Lipinski definition) is 3. The molecule has 0 unspecified atom stereocenters. The van der Waals surface area contributed by atoms with Crippen LogP contribution in [0.5, 0.6) is 0 Å². The first-order valence-corrected chi connectivity index (χ1v) is 8.27. The van der Waals surface area contributed by atoms with Crippen molar-refractivity contribution in [1.82, 2.24) is 4.31 Å². The Bertz CT molecular complexity index is 634. The van der Waals surface area contributed by atoms with Crippen LogP contribution in [-0.2, 0) is 14.8 Å². The zero-order valence-corrected chi connectivity index (χ0v) is 12.8. The molecular weight excluding hydrogens is 353 g/mol. The highest BCUT2D eigenvalue weighted by atomic mass is 79.9. The van der Waals surface area contributed by atoms with E-state index in [-0.39, 0.29) is 22.3 Å². The van der Waals surface area contributed by atoms with Gasteiger partial charge in [0.2, 0.25) is 10.0 Å². The van der Waals surface area contributed by atoms with E-state index in [4.69, 9.17) is 5.11 Å². The number of carbonyl (C=O) groups is 1. The summed E-state index contributed by atoms with van der Waals surface area (Å²) in [5, 5.41) is 9.15. The van der Waals surface area contributed by atoms with E-state index in [0.29, 0.717) is 12.8 Å². The molecule has 0 bridgehead atoms. The van der Waals surface area contributed by atoms with Gasteiger partial charge in [0.1, 0.15) is 11.9 Å². The van der Waals surface area contributed by atoms with E-state index in [1.807, 2.05) is 0 Å². The molecule has 1 heterocycles. The minimum atomic E-state index is -3.96. The first-order chi connectivity index (χ1) is 9.34. The molecule has 1 fully saturated rings. The van der Waals surface area contributed by atoms with E-state index in [2.05, 4.69) is 15.9 Å². The summed E-state index contributed by atoms with van der Waals surface area (Å²) in [6.07, 6.45) is 1.57. The predicted octanol–water partition coefficient (Wildman–Crippen LogP) is 2.22. The third-order valence-corrected chi connectivity index (χ3v) is 6.10. The Morgan fingerprint density at radius 3 is 2.70 bits per heavy atom. The van der Waals surface area contributed by atoms with Gasteiger partial charge in [0.05, 0.1) is 4.90 Å². The van der Waals surface area contributed by atoms with Crippen LogP contribution in [0, 0.1) is 5.82 Å². The quantitative estimate of drug-likeness (QED) is 0.890. The molecule has 0 radical (unpaired) electrons. The molecule has 0 aliphatic carbocycles. The van der Waals surface area contributed by atoms with Crippen LogP contribution in [0.15, 0.2) is 27.6 Å². The van der Waals surface area contributed by atoms with E-state index < -0.39 is 27.9 Å². The average molecular weight is 366 g/mol. The van der Waals surface area contributed by atoms with Gasteiger partial charge in [0, 0.05) is 11.0 Å². The van der Waals surface area contributed by atoms with Crippen molar-refractivity contribution in [2.24, 2.45) is 0 Å². The third kappa shape index (κ3) is 2.87. The number of sulfonamides is 1. The van der Waals surface area contributed by atoms with Crippen LogP contribution in [0.4, 0.5) is 4.39 Å². The van der Waals surface area contributed by atoms with Crippen LogP contribution in [0.2, 0.25) is 0 Å². The van der Waals surface area contributed by atoms with E-state index in [0.717, 1.165) is 22.5 Å². The Balaban J connectivity index is 2.45. The molecule has 110 valence electrons. The van der Waals surface area contributed by atoms with Gasteiger partial charge in [-0.3, -0.25) is 4.79 Å². The maximum absolute atomic E-state index is 13.1. The van der Waals surface area contributed by atoms with Gasteiger partial charge in [-0.25, -0.2) is 12.8 Å². The molecule has 1 N–H and O–H groups in total. The number of halogens is 2. The van der Waals surface area contributed by atoms with Crippen LogP contribution >= 0.6 is 15.9 Å². The molecule has 5 nitrogen and oxygen atoms in total. The molecule has 1 aromatic rings. The second kappa shape index (κ2) is 5.79. The zero-order valence-electron chi connectivity index (χ0n) is 10.4. The van der Waals surface area contributed by atoms with Crippen LogP contribution in [0.1, 0.15) is 19.3 Å². The van der Waals surface area contributed by atoms with Crippen molar-refractivity contribution in [2.75, 3.05) is 6.54 Å². The molecule has 1 aromatic carbocycles. The summed E-state index contributed by atoms with van der Waals surface area (Å²) in [7, 11) is -3.96. The van der Waals surface area contributed by atoms with Crippen molar-refractivity contribution in [2.45, 2.75) is 30.2 Å². The van der Waals surface area contributed by atoms with Gasteiger partial charge in [-0.2, -0.15) is 4.31 Å². The highest BCUT2D eigenvalue weighted by Crippen LogP contribution is 2.30. The SMILES string of the molecule is O=C(O)[C@H]1CCCCN1S(=O)(=O)c1ccc(F)cc1Br. The van der Waals surface area contributed by atoms with Crippen molar-refractivity contribution in [3.05, 3.63) is 28.5 Å². The number of aliphatic carboxylic acids is 1. The van der Waals surface area contributed by atoms with Crippen LogP contribution in [0.3, 0.4) is 0 Å². The minimum absolute atomic E-state index is 0.0900. The lowest BCUT2D eigenvalue weighted by Crippen LogP contribution is -2.47. The molecule has 0 amide bonds. The van der Waals surface area contributed by atoms with E-state index in [9.17, 15) is 17.6 Å². The summed E-state index contributed by atoms with van der Waals surface area (Å²) in [4.78, 5) is 11.1. The second-order valence-corrected chi connectivity index (χ2v) is 7.25. The molecule has 1 aliphatic rings. The fraction of sp³-hybridized carbons (Fsp3) is 0.417. The van der Waals surface area contributed by atoms with Crippen molar-refractivity contribution >= 4 is 31.9 Å². The molecule has 2 rings (SSSR count). The lowest BCUT2D eigenvalue weighted by Gasteiger charge is -2.32. The highest BCUT2D eigenvalue weighted by Gasteiger charge is 2.38. The maximum atomic E-state index is 13.1. The van der Waals surface area contributed by atoms with Crippen molar-refractivity contribution < 1.29 is 22.7 Å². The standard InChI is InChI=1S/C12H13BrFNO4S/c13-9-7-8(14)4-5-11(9)20(18,19)15-6-2-1-3-10(15)12(16)17/h4-5,7,10H,1-3,6H2,(H,16,17)/t10-/m1/s1. The molecular formula is C12H13BrFNO4S. The van der Waals surface area contributed by atoms with Gasteiger partial charge in [-0.1, -0.05) is 0 Å².